The van der Waals surface area contributed by atoms with E-state index in [0.29, 0.717) is 29.9 Å². The van der Waals surface area contributed by atoms with Gasteiger partial charge in [-0.1, -0.05) is 12.1 Å². The van der Waals surface area contributed by atoms with Crippen molar-refractivity contribution in [3.8, 4) is 5.69 Å². The molecular weight excluding hydrogens is 420 g/mol. The number of para-hydroxylation sites is 2. The van der Waals surface area contributed by atoms with E-state index in [4.69, 9.17) is 0 Å². The van der Waals surface area contributed by atoms with E-state index in [1.807, 2.05) is 44.3 Å². The molecule has 0 saturated carbocycles. The minimum atomic E-state index is -0.250. The number of aromatic nitrogens is 2. The molecule has 28 heavy (non-hydrogen) atoms. The molecule has 0 aliphatic carbocycles. The highest BCUT2D eigenvalue weighted by atomic mass is 79.9. The second kappa shape index (κ2) is 8.84. The van der Waals surface area contributed by atoms with Crippen LogP contribution in [0.4, 0.5) is 5.69 Å². The Morgan fingerprint density at radius 2 is 1.68 bits per heavy atom. The standard InChI is InChI=1S/C21H21BrN4O2/c1-3-25(4-2)21(28)16-11-9-15(10-12-16)20(27)24-18-7-5-6-8-19(18)26-14-17(22)13-23-26/h5-14H,3-4H2,1-2H3,(H,24,27). The van der Waals surface area contributed by atoms with Gasteiger partial charge in [-0.3, -0.25) is 9.59 Å². The molecule has 0 radical (unpaired) electrons. The second-order valence-electron chi connectivity index (χ2n) is 6.13. The monoisotopic (exact) mass is 440 g/mol. The van der Waals surface area contributed by atoms with Crippen LogP contribution in [0.3, 0.4) is 0 Å². The molecule has 0 saturated heterocycles. The number of nitrogens with zero attached hydrogens (tertiary/aromatic N) is 3. The Kier molecular flexibility index (Phi) is 6.26. The summed E-state index contributed by atoms with van der Waals surface area (Å²) in [6.45, 7) is 5.19. The van der Waals surface area contributed by atoms with Gasteiger partial charge in [-0.15, -0.1) is 0 Å². The number of hydrogen-bond acceptors (Lipinski definition) is 3. The van der Waals surface area contributed by atoms with Gasteiger partial charge in [0.25, 0.3) is 11.8 Å². The van der Waals surface area contributed by atoms with Crippen molar-refractivity contribution >= 4 is 33.4 Å². The van der Waals surface area contributed by atoms with E-state index in [1.54, 1.807) is 40.0 Å². The van der Waals surface area contributed by atoms with Crippen molar-refractivity contribution in [2.24, 2.45) is 0 Å². The van der Waals surface area contributed by atoms with Crippen LogP contribution in [0.5, 0.6) is 0 Å². The molecule has 6 nitrogen and oxygen atoms in total. The van der Waals surface area contributed by atoms with E-state index in [2.05, 4.69) is 26.3 Å². The normalized spacial score (nSPS) is 10.5. The molecule has 0 aliphatic heterocycles. The highest BCUT2D eigenvalue weighted by Gasteiger charge is 2.14. The minimum Gasteiger partial charge on any atom is -0.339 e. The first-order valence-electron chi connectivity index (χ1n) is 9.03. The summed E-state index contributed by atoms with van der Waals surface area (Å²) in [5, 5.41) is 7.18. The van der Waals surface area contributed by atoms with E-state index >= 15 is 0 Å². The summed E-state index contributed by atoms with van der Waals surface area (Å²) >= 11 is 3.38. The predicted octanol–water partition coefficient (Wildman–Crippen LogP) is 4.37. The second-order valence-corrected chi connectivity index (χ2v) is 7.04. The maximum absolute atomic E-state index is 12.7. The lowest BCUT2D eigenvalue weighted by Crippen LogP contribution is -2.30. The van der Waals surface area contributed by atoms with Gasteiger partial charge in [0.2, 0.25) is 0 Å². The number of nitrogens with one attached hydrogen (secondary N) is 1. The molecule has 0 aliphatic rings. The lowest BCUT2D eigenvalue weighted by Gasteiger charge is -2.18. The lowest BCUT2D eigenvalue weighted by molar-refractivity contribution is 0.0772. The van der Waals surface area contributed by atoms with Gasteiger partial charge in [0, 0.05) is 30.4 Å². The number of hydrogen-bond donors (Lipinski definition) is 1. The fourth-order valence-electron chi connectivity index (χ4n) is 2.86. The van der Waals surface area contributed by atoms with Crippen LogP contribution in [0.1, 0.15) is 34.6 Å². The Balaban J connectivity index is 1.78. The number of rotatable bonds is 6. The van der Waals surface area contributed by atoms with Gasteiger partial charge < -0.3 is 10.2 Å². The van der Waals surface area contributed by atoms with Gasteiger partial charge in [-0.2, -0.15) is 5.10 Å². The third-order valence-electron chi connectivity index (χ3n) is 4.39. The molecule has 0 fully saturated rings. The molecule has 1 heterocycles. The summed E-state index contributed by atoms with van der Waals surface area (Å²) in [7, 11) is 0. The molecule has 7 heteroatoms. The first-order valence-corrected chi connectivity index (χ1v) is 9.83. The van der Waals surface area contributed by atoms with Crippen LogP contribution in [0, 0.1) is 0 Å². The highest BCUT2D eigenvalue weighted by Crippen LogP contribution is 2.22. The largest absolute Gasteiger partial charge is 0.339 e. The SMILES string of the molecule is CCN(CC)C(=O)c1ccc(C(=O)Nc2ccccc2-n2cc(Br)cn2)cc1. The molecule has 2 amide bonds. The fourth-order valence-corrected chi connectivity index (χ4v) is 3.15. The summed E-state index contributed by atoms with van der Waals surface area (Å²) in [4.78, 5) is 26.8. The molecule has 2 aromatic carbocycles. The van der Waals surface area contributed by atoms with Crippen LogP contribution in [-0.2, 0) is 0 Å². The average Bonchev–Trinajstić information content (AvgIpc) is 3.15. The molecule has 1 N–H and O–H groups in total. The van der Waals surface area contributed by atoms with Crippen LogP contribution in [0.25, 0.3) is 5.69 Å². The number of benzene rings is 2. The Morgan fingerprint density at radius 3 is 2.29 bits per heavy atom. The van der Waals surface area contributed by atoms with Gasteiger partial charge in [0.1, 0.15) is 0 Å². The molecule has 0 atom stereocenters. The van der Waals surface area contributed by atoms with Crippen LogP contribution in [0.2, 0.25) is 0 Å². The zero-order valence-electron chi connectivity index (χ0n) is 15.7. The molecule has 3 rings (SSSR count). The van der Waals surface area contributed by atoms with Gasteiger partial charge in [0.15, 0.2) is 0 Å². The molecule has 144 valence electrons. The first-order chi connectivity index (χ1) is 13.5. The summed E-state index contributed by atoms with van der Waals surface area (Å²) in [5.74, 6) is -0.285. The maximum atomic E-state index is 12.7. The topological polar surface area (TPSA) is 67.2 Å². The average molecular weight is 441 g/mol. The fraction of sp³-hybridized carbons (Fsp3) is 0.190. The zero-order valence-corrected chi connectivity index (χ0v) is 17.3. The Hall–Kier alpha value is -2.93. The quantitative estimate of drug-likeness (QED) is 0.618. The predicted molar refractivity (Wildman–Crippen MR) is 113 cm³/mol. The van der Waals surface area contributed by atoms with Crippen molar-refractivity contribution in [3.63, 3.8) is 0 Å². The van der Waals surface area contributed by atoms with Crippen LogP contribution in [0.15, 0.2) is 65.4 Å². The van der Waals surface area contributed by atoms with Gasteiger partial charge >= 0.3 is 0 Å². The Bertz CT molecular complexity index is 978. The summed E-state index contributed by atoms with van der Waals surface area (Å²) in [6, 6.07) is 14.1. The van der Waals surface area contributed by atoms with E-state index in [1.165, 1.54) is 0 Å². The molecule has 0 unspecified atom stereocenters. The number of amides is 2. The van der Waals surface area contributed by atoms with E-state index in [-0.39, 0.29) is 11.8 Å². The van der Waals surface area contributed by atoms with E-state index < -0.39 is 0 Å². The van der Waals surface area contributed by atoms with Crippen molar-refractivity contribution in [1.82, 2.24) is 14.7 Å². The number of carbonyl (C=O) groups excluding carboxylic acids is 2. The smallest absolute Gasteiger partial charge is 0.255 e. The Morgan fingerprint density at radius 1 is 1.04 bits per heavy atom. The maximum Gasteiger partial charge on any atom is 0.255 e. The van der Waals surface area contributed by atoms with Gasteiger partial charge in [-0.05, 0) is 66.2 Å². The zero-order chi connectivity index (χ0) is 20.1. The molecular formula is C21H21BrN4O2. The summed E-state index contributed by atoms with van der Waals surface area (Å²) in [6.07, 6.45) is 3.50. The van der Waals surface area contributed by atoms with E-state index in [9.17, 15) is 9.59 Å². The van der Waals surface area contributed by atoms with Gasteiger partial charge in [0.05, 0.1) is 22.0 Å². The third kappa shape index (κ3) is 4.31. The Labute approximate surface area is 172 Å². The van der Waals surface area contributed by atoms with Crippen molar-refractivity contribution in [2.75, 3.05) is 18.4 Å². The number of halogens is 1. The molecule has 0 spiro atoms. The summed E-state index contributed by atoms with van der Waals surface area (Å²) < 4.78 is 2.54. The van der Waals surface area contributed by atoms with Crippen molar-refractivity contribution in [1.29, 1.82) is 0 Å². The number of anilines is 1. The van der Waals surface area contributed by atoms with Crippen molar-refractivity contribution < 1.29 is 9.59 Å². The minimum absolute atomic E-state index is 0.0356. The van der Waals surface area contributed by atoms with Crippen LogP contribution >= 0.6 is 15.9 Å². The first kappa shape index (κ1) is 19.8. The van der Waals surface area contributed by atoms with Crippen LogP contribution in [-0.4, -0.2) is 39.6 Å². The van der Waals surface area contributed by atoms with Gasteiger partial charge in [-0.25, -0.2) is 4.68 Å². The van der Waals surface area contributed by atoms with Crippen molar-refractivity contribution in [3.05, 3.63) is 76.5 Å². The lowest BCUT2D eigenvalue weighted by atomic mass is 10.1. The highest BCUT2D eigenvalue weighted by molar-refractivity contribution is 9.10. The van der Waals surface area contributed by atoms with Crippen LogP contribution < -0.4 is 5.32 Å². The molecule has 0 bridgehead atoms. The van der Waals surface area contributed by atoms with Crippen molar-refractivity contribution in [2.45, 2.75) is 13.8 Å². The molecule has 3 aromatic rings. The molecule has 1 aromatic heterocycles. The summed E-state index contributed by atoms with van der Waals surface area (Å²) in [5.41, 5.74) is 2.45. The third-order valence-corrected chi connectivity index (χ3v) is 4.80. The van der Waals surface area contributed by atoms with E-state index in [0.717, 1.165) is 10.2 Å². The number of carbonyl (C=O) groups is 2.